The molecule has 1 aliphatic carbocycles. The fraction of sp³-hybridized carbons (Fsp3) is 0.241. The summed E-state index contributed by atoms with van der Waals surface area (Å²) in [4.78, 5) is 41.0. The van der Waals surface area contributed by atoms with Gasteiger partial charge in [0, 0.05) is 36.4 Å². The second kappa shape index (κ2) is 10.6. The van der Waals surface area contributed by atoms with Crippen LogP contribution in [0.2, 0.25) is 0 Å². The summed E-state index contributed by atoms with van der Waals surface area (Å²) in [5.41, 5.74) is 4.91. The molecule has 2 aliphatic rings. The van der Waals surface area contributed by atoms with E-state index in [4.69, 9.17) is 9.84 Å². The minimum absolute atomic E-state index is 0.0482. The molecular formula is C29H28BN3O5. The first-order valence-electron chi connectivity index (χ1n) is 12.6. The number of hydrogen-bond acceptors (Lipinski definition) is 5. The second-order valence-electron chi connectivity index (χ2n) is 9.59. The number of nitrogens with one attached hydrogen (secondary N) is 1. The van der Waals surface area contributed by atoms with Crippen molar-refractivity contribution in [2.75, 3.05) is 7.11 Å². The zero-order chi connectivity index (χ0) is 26.8. The van der Waals surface area contributed by atoms with Crippen molar-refractivity contribution in [3.05, 3.63) is 88.2 Å². The molecule has 1 aliphatic heterocycles. The van der Waals surface area contributed by atoms with Crippen LogP contribution in [0.4, 0.5) is 0 Å². The molecule has 2 unspecified atom stereocenters. The normalized spacial score (nSPS) is 18.9. The van der Waals surface area contributed by atoms with Gasteiger partial charge in [0.2, 0.25) is 5.91 Å². The van der Waals surface area contributed by atoms with Crippen LogP contribution in [-0.2, 0) is 14.3 Å². The van der Waals surface area contributed by atoms with Crippen LogP contribution in [0.15, 0.2) is 82.2 Å². The number of carbonyl (C=O) groups excluding carboxylic acids is 1. The predicted molar refractivity (Wildman–Crippen MR) is 149 cm³/mol. The van der Waals surface area contributed by atoms with E-state index in [2.05, 4.69) is 10.1 Å². The van der Waals surface area contributed by atoms with Gasteiger partial charge in [-0.2, -0.15) is 5.10 Å². The summed E-state index contributed by atoms with van der Waals surface area (Å²) in [7, 11) is 3.64. The van der Waals surface area contributed by atoms with Crippen molar-refractivity contribution in [2.45, 2.75) is 37.8 Å². The van der Waals surface area contributed by atoms with E-state index in [-0.39, 0.29) is 24.5 Å². The monoisotopic (exact) mass is 509 g/mol. The number of nitrogens with zero attached hydrogens (tertiary/aromatic N) is 2. The summed E-state index contributed by atoms with van der Waals surface area (Å²) in [6.45, 7) is 0. The fourth-order valence-corrected chi connectivity index (χ4v) is 5.11. The second-order valence-corrected chi connectivity index (χ2v) is 9.59. The molecule has 2 N–H and O–H groups in total. The van der Waals surface area contributed by atoms with E-state index in [0.29, 0.717) is 24.1 Å². The first-order valence-corrected chi connectivity index (χ1v) is 12.6. The number of carboxylic acid groups (broad SMARTS) is 1. The maximum Gasteiger partial charge on any atom is 0.303 e. The molecule has 0 radical (unpaired) electrons. The number of hydrazone groups is 1. The zero-order valence-electron chi connectivity index (χ0n) is 21.3. The molecule has 0 spiro atoms. The van der Waals surface area contributed by atoms with Crippen molar-refractivity contribution in [1.29, 1.82) is 0 Å². The Bertz CT molecular complexity index is 1560. The highest BCUT2D eigenvalue weighted by Crippen LogP contribution is 2.34. The molecule has 38 heavy (non-hydrogen) atoms. The minimum Gasteiger partial charge on any atom is -0.481 e. The van der Waals surface area contributed by atoms with Gasteiger partial charge in [0.15, 0.2) is 0 Å². The van der Waals surface area contributed by atoms with Crippen molar-refractivity contribution in [1.82, 2.24) is 9.99 Å². The van der Waals surface area contributed by atoms with Crippen molar-refractivity contribution >= 4 is 41.8 Å². The Kier molecular flexibility index (Phi) is 7.11. The zero-order valence-corrected chi connectivity index (χ0v) is 21.3. The number of H-pyrrole nitrogens is 1. The standard InChI is InChI=1S/C29H28BN3O5/c1-38-20-10-7-17(8-11-20)24-16-23(32-33(24)25(34)13-14-26(35)36)28-27(18-5-3-2-4-6-18)21-15-19(30)9-12-22(21)31-29(28)37/h2-10,12,15,20,24H,11,13-14,16,30H2,1H3,(H,31,37)(H,35,36). The summed E-state index contributed by atoms with van der Waals surface area (Å²) < 4.78 is 5.41. The summed E-state index contributed by atoms with van der Waals surface area (Å²) in [5.74, 6) is -1.45. The Hall–Kier alpha value is -4.24. The lowest BCUT2D eigenvalue weighted by Gasteiger charge is -2.25. The van der Waals surface area contributed by atoms with Gasteiger partial charge in [-0.25, -0.2) is 5.01 Å². The van der Waals surface area contributed by atoms with Crippen molar-refractivity contribution in [3.8, 4) is 11.1 Å². The number of ether oxygens (including phenoxy) is 1. The van der Waals surface area contributed by atoms with Crippen LogP contribution in [0, 0.1) is 0 Å². The molecule has 8 nitrogen and oxygen atoms in total. The number of benzene rings is 2. The number of carboxylic acids is 1. The number of aliphatic carboxylic acids is 1. The fourth-order valence-electron chi connectivity index (χ4n) is 5.11. The molecule has 0 bridgehead atoms. The van der Waals surface area contributed by atoms with E-state index in [1.54, 1.807) is 7.11 Å². The van der Waals surface area contributed by atoms with Crippen molar-refractivity contribution in [3.63, 3.8) is 0 Å². The molecule has 0 fully saturated rings. The number of pyridine rings is 1. The van der Waals surface area contributed by atoms with E-state index in [0.717, 1.165) is 33.1 Å². The average Bonchev–Trinajstić information content (AvgIpc) is 3.37. The highest BCUT2D eigenvalue weighted by Gasteiger charge is 2.36. The molecule has 3 aromatic rings. The van der Waals surface area contributed by atoms with E-state index in [1.807, 2.05) is 74.6 Å². The van der Waals surface area contributed by atoms with E-state index >= 15 is 0 Å². The van der Waals surface area contributed by atoms with Crippen molar-refractivity contribution < 1.29 is 19.4 Å². The van der Waals surface area contributed by atoms with Crippen LogP contribution >= 0.6 is 0 Å². The van der Waals surface area contributed by atoms with Crippen LogP contribution in [0.1, 0.15) is 31.2 Å². The van der Waals surface area contributed by atoms with Gasteiger partial charge >= 0.3 is 5.97 Å². The number of amides is 1. The number of fused-ring (bicyclic) bond motifs is 1. The molecular weight excluding hydrogens is 481 g/mol. The third kappa shape index (κ3) is 4.97. The summed E-state index contributed by atoms with van der Waals surface area (Å²) in [5, 5.41) is 16.1. The lowest BCUT2D eigenvalue weighted by atomic mass is 9.87. The van der Waals surface area contributed by atoms with Crippen LogP contribution in [-0.4, -0.2) is 59.8 Å². The molecule has 0 saturated heterocycles. The highest BCUT2D eigenvalue weighted by atomic mass is 16.5. The Morgan fingerprint density at radius 2 is 1.95 bits per heavy atom. The third-order valence-corrected chi connectivity index (χ3v) is 7.02. The SMILES string of the molecule is Bc1ccc2[nH]c(=O)c(C3=NN(C(=O)CCC(=O)O)C(C4=CCC(OC)C=C4)C3)c(-c3ccccc3)c2c1. The largest absolute Gasteiger partial charge is 0.481 e. The molecule has 1 amide bonds. The first-order chi connectivity index (χ1) is 18.4. The number of rotatable bonds is 7. The maximum absolute atomic E-state index is 13.6. The van der Waals surface area contributed by atoms with E-state index < -0.39 is 17.9 Å². The topological polar surface area (TPSA) is 112 Å². The number of hydrogen-bond donors (Lipinski definition) is 2. The van der Waals surface area contributed by atoms with Gasteiger partial charge < -0.3 is 14.8 Å². The molecule has 5 rings (SSSR count). The van der Waals surface area contributed by atoms with Gasteiger partial charge in [0.05, 0.1) is 29.8 Å². The van der Waals surface area contributed by atoms with Gasteiger partial charge in [0.25, 0.3) is 5.56 Å². The highest BCUT2D eigenvalue weighted by molar-refractivity contribution is 6.33. The third-order valence-electron chi connectivity index (χ3n) is 7.02. The molecule has 2 atom stereocenters. The molecule has 2 aromatic carbocycles. The van der Waals surface area contributed by atoms with Crippen LogP contribution < -0.4 is 11.0 Å². The first kappa shape index (κ1) is 25.4. The molecule has 1 aromatic heterocycles. The molecule has 2 heterocycles. The molecule has 0 saturated carbocycles. The minimum atomic E-state index is -1.05. The summed E-state index contributed by atoms with van der Waals surface area (Å²) in [6, 6.07) is 15.1. The number of methoxy groups -OCH3 is 1. The van der Waals surface area contributed by atoms with Gasteiger partial charge in [-0.1, -0.05) is 66.2 Å². The van der Waals surface area contributed by atoms with Gasteiger partial charge in [0.1, 0.15) is 7.85 Å². The van der Waals surface area contributed by atoms with E-state index in [9.17, 15) is 14.4 Å². The number of carbonyl (C=O) groups is 2. The maximum atomic E-state index is 13.6. The van der Waals surface area contributed by atoms with Gasteiger partial charge in [-0.3, -0.25) is 14.4 Å². The molecule has 192 valence electrons. The van der Waals surface area contributed by atoms with Gasteiger partial charge in [-0.05, 0) is 23.6 Å². The Labute approximate surface area is 220 Å². The lowest BCUT2D eigenvalue weighted by molar-refractivity contribution is -0.141. The quantitative estimate of drug-likeness (QED) is 0.476. The average molecular weight is 509 g/mol. The number of aromatic nitrogens is 1. The van der Waals surface area contributed by atoms with E-state index in [1.165, 1.54) is 5.01 Å². The summed E-state index contributed by atoms with van der Waals surface area (Å²) >= 11 is 0. The smallest absolute Gasteiger partial charge is 0.303 e. The number of aromatic amines is 1. The Balaban J connectivity index is 1.65. The Morgan fingerprint density at radius 3 is 2.63 bits per heavy atom. The summed E-state index contributed by atoms with van der Waals surface area (Å²) in [6.07, 6.45) is 6.33. The van der Waals surface area contributed by atoms with Crippen LogP contribution in [0.25, 0.3) is 22.0 Å². The molecule has 9 heteroatoms. The lowest BCUT2D eigenvalue weighted by Crippen LogP contribution is -2.34. The Morgan fingerprint density at radius 1 is 1.16 bits per heavy atom. The van der Waals surface area contributed by atoms with Crippen LogP contribution in [0.3, 0.4) is 0 Å². The van der Waals surface area contributed by atoms with Gasteiger partial charge in [-0.15, -0.1) is 0 Å². The predicted octanol–water partition coefficient (Wildman–Crippen LogP) is 2.52. The van der Waals surface area contributed by atoms with Crippen molar-refractivity contribution in [2.24, 2.45) is 5.10 Å². The van der Waals surface area contributed by atoms with Crippen LogP contribution in [0.5, 0.6) is 0 Å².